The molecular formula is C18H21NO. The van der Waals surface area contributed by atoms with Gasteiger partial charge in [0.1, 0.15) is 0 Å². The number of benzene rings is 2. The van der Waals surface area contributed by atoms with Gasteiger partial charge >= 0.3 is 0 Å². The van der Waals surface area contributed by atoms with Crippen LogP contribution in [0, 0.1) is 0 Å². The van der Waals surface area contributed by atoms with Gasteiger partial charge in [0.15, 0.2) is 0 Å². The van der Waals surface area contributed by atoms with Crippen molar-refractivity contribution in [2.75, 3.05) is 0 Å². The van der Waals surface area contributed by atoms with Crippen molar-refractivity contribution in [2.24, 2.45) is 0 Å². The summed E-state index contributed by atoms with van der Waals surface area (Å²) in [6, 6.07) is 16.9. The van der Waals surface area contributed by atoms with Gasteiger partial charge in [0.25, 0.3) is 0 Å². The third kappa shape index (κ3) is 1.72. The third-order valence-electron chi connectivity index (χ3n) is 4.50. The molecular weight excluding hydrogens is 246 g/mol. The zero-order valence-electron chi connectivity index (χ0n) is 12.5. The maximum Gasteiger partial charge on any atom is 0.0666 e. The van der Waals surface area contributed by atoms with E-state index >= 15 is 0 Å². The fraction of sp³-hybridized carbons (Fsp3) is 0.333. The first kappa shape index (κ1) is 13.3. The molecule has 0 fully saturated rings. The normalized spacial score (nSPS) is 19.9. The molecule has 0 radical (unpaired) electrons. The lowest BCUT2D eigenvalue weighted by Gasteiger charge is -2.34. The molecule has 2 heteroatoms. The Labute approximate surface area is 120 Å². The van der Waals surface area contributed by atoms with Crippen molar-refractivity contribution < 1.29 is 5.21 Å². The van der Waals surface area contributed by atoms with Crippen LogP contribution >= 0.6 is 0 Å². The van der Waals surface area contributed by atoms with Crippen molar-refractivity contribution in [3.63, 3.8) is 0 Å². The van der Waals surface area contributed by atoms with E-state index in [0.29, 0.717) is 0 Å². The van der Waals surface area contributed by atoms with Gasteiger partial charge in [0, 0.05) is 0 Å². The Kier molecular flexibility index (Phi) is 2.79. The summed E-state index contributed by atoms with van der Waals surface area (Å²) in [5.74, 6) is 0. The molecule has 1 heterocycles. The number of hydroxylamine groups is 2. The zero-order valence-corrected chi connectivity index (χ0v) is 12.5. The highest BCUT2D eigenvalue weighted by atomic mass is 16.5. The molecule has 1 aliphatic rings. The smallest absolute Gasteiger partial charge is 0.0666 e. The Bertz CT molecular complexity index is 644. The number of hydrogen-bond acceptors (Lipinski definition) is 2. The molecule has 0 amide bonds. The molecule has 0 spiro atoms. The van der Waals surface area contributed by atoms with E-state index < -0.39 is 0 Å². The van der Waals surface area contributed by atoms with E-state index in [1.165, 1.54) is 27.3 Å². The molecule has 3 rings (SSSR count). The van der Waals surface area contributed by atoms with Crippen LogP contribution in [-0.2, 0) is 11.1 Å². The van der Waals surface area contributed by atoms with Crippen LogP contribution < -0.4 is 0 Å². The van der Waals surface area contributed by atoms with Gasteiger partial charge in [0.2, 0.25) is 0 Å². The summed E-state index contributed by atoms with van der Waals surface area (Å²) >= 11 is 0. The van der Waals surface area contributed by atoms with E-state index in [0.717, 1.165) is 0 Å². The number of hydrogen-bond donors (Lipinski definition) is 1. The maximum atomic E-state index is 10.5. The minimum Gasteiger partial charge on any atom is -0.312 e. The first-order valence-electron chi connectivity index (χ1n) is 7.05. The van der Waals surface area contributed by atoms with Crippen LogP contribution in [0.2, 0.25) is 0 Å². The molecule has 0 saturated carbocycles. The Morgan fingerprint density at radius 1 is 0.750 bits per heavy atom. The highest BCUT2D eigenvalue weighted by Gasteiger charge is 2.48. The van der Waals surface area contributed by atoms with E-state index in [4.69, 9.17) is 0 Å². The van der Waals surface area contributed by atoms with Gasteiger partial charge in [0.05, 0.1) is 11.1 Å². The number of fused-ring (bicyclic) bond motifs is 1. The second kappa shape index (κ2) is 4.18. The molecule has 2 aromatic carbocycles. The monoisotopic (exact) mass is 267 g/mol. The SMILES string of the molecule is CC1(C)c2ccc(-c3ccccc3)cc2C(C)(C)N1O. The molecule has 2 aromatic rings. The molecule has 0 unspecified atom stereocenters. The Balaban J connectivity index is 2.18. The first-order valence-corrected chi connectivity index (χ1v) is 7.05. The number of rotatable bonds is 1. The van der Waals surface area contributed by atoms with Gasteiger partial charge in [-0.25, -0.2) is 0 Å². The summed E-state index contributed by atoms with van der Waals surface area (Å²) in [7, 11) is 0. The summed E-state index contributed by atoms with van der Waals surface area (Å²) < 4.78 is 0. The van der Waals surface area contributed by atoms with Crippen LogP contribution in [-0.4, -0.2) is 10.3 Å². The van der Waals surface area contributed by atoms with Crippen molar-refractivity contribution in [1.29, 1.82) is 0 Å². The zero-order chi connectivity index (χ0) is 14.5. The van der Waals surface area contributed by atoms with Gasteiger partial charge in [-0.2, -0.15) is 5.06 Å². The molecule has 0 aromatic heterocycles. The Morgan fingerprint density at radius 3 is 2.00 bits per heavy atom. The molecule has 1 N–H and O–H groups in total. The largest absolute Gasteiger partial charge is 0.312 e. The van der Waals surface area contributed by atoms with Crippen molar-refractivity contribution in [3.05, 3.63) is 59.7 Å². The van der Waals surface area contributed by atoms with Crippen LogP contribution in [0.4, 0.5) is 0 Å². The summed E-state index contributed by atoms with van der Waals surface area (Å²) in [5, 5.41) is 12.0. The molecule has 2 nitrogen and oxygen atoms in total. The molecule has 0 saturated heterocycles. The highest BCUT2D eigenvalue weighted by molar-refractivity contribution is 5.66. The van der Waals surface area contributed by atoms with Gasteiger partial charge in [-0.05, 0) is 56.0 Å². The van der Waals surface area contributed by atoms with Gasteiger partial charge < -0.3 is 5.21 Å². The highest BCUT2D eigenvalue weighted by Crippen LogP contribution is 2.48. The lowest BCUT2D eigenvalue weighted by Crippen LogP contribution is -2.42. The van der Waals surface area contributed by atoms with Crippen molar-refractivity contribution in [2.45, 2.75) is 38.8 Å². The second-order valence-corrected chi connectivity index (χ2v) is 6.56. The van der Waals surface area contributed by atoms with Crippen LogP contribution in [0.3, 0.4) is 0 Å². The topological polar surface area (TPSA) is 23.5 Å². The van der Waals surface area contributed by atoms with E-state index in [1.807, 2.05) is 6.07 Å². The minimum atomic E-state index is -0.371. The lowest BCUT2D eigenvalue weighted by molar-refractivity contribution is -0.216. The number of nitrogens with zero attached hydrogens (tertiary/aromatic N) is 1. The van der Waals surface area contributed by atoms with E-state index in [9.17, 15) is 5.21 Å². The lowest BCUT2D eigenvalue weighted by atomic mass is 9.88. The molecule has 20 heavy (non-hydrogen) atoms. The quantitative estimate of drug-likeness (QED) is 0.820. The molecule has 0 bridgehead atoms. The fourth-order valence-corrected chi connectivity index (χ4v) is 3.32. The molecule has 1 aliphatic heterocycles. The minimum absolute atomic E-state index is 0.353. The van der Waals surface area contributed by atoms with Gasteiger partial charge in [-0.1, -0.05) is 42.5 Å². The average molecular weight is 267 g/mol. The third-order valence-corrected chi connectivity index (χ3v) is 4.50. The predicted octanol–water partition coefficient (Wildman–Crippen LogP) is 4.53. The molecule has 0 aliphatic carbocycles. The summed E-state index contributed by atoms with van der Waals surface area (Å²) in [6.45, 7) is 8.25. The van der Waals surface area contributed by atoms with Crippen LogP contribution in [0.15, 0.2) is 48.5 Å². The van der Waals surface area contributed by atoms with Crippen LogP contribution in [0.5, 0.6) is 0 Å². The van der Waals surface area contributed by atoms with Crippen LogP contribution in [0.25, 0.3) is 11.1 Å². The molecule has 104 valence electrons. The van der Waals surface area contributed by atoms with E-state index in [1.54, 1.807) is 0 Å². The van der Waals surface area contributed by atoms with Gasteiger partial charge in [-0.3, -0.25) is 0 Å². The predicted molar refractivity (Wildman–Crippen MR) is 81.6 cm³/mol. The Hall–Kier alpha value is -1.64. The first-order chi connectivity index (χ1) is 9.35. The standard InChI is InChI=1S/C18H21NO/c1-17(2)15-11-10-14(13-8-6-5-7-9-13)12-16(15)18(3,4)19(17)20/h5-12,20H,1-4H3. The van der Waals surface area contributed by atoms with Gasteiger partial charge in [-0.15, -0.1) is 0 Å². The average Bonchev–Trinajstić information content (AvgIpc) is 2.58. The van der Waals surface area contributed by atoms with E-state index in [2.05, 4.69) is 70.2 Å². The Morgan fingerprint density at radius 2 is 1.35 bits per heavy atom. The second-order valence-electron chi connectivity index (χ2n) is 6.56. The van der Waals surface area contributed by atoms with Crippen LogP contribution in [0.1, 0.15) is 38.8 Å². The molecule has 0 atom stereocenters. The summed E-state index contributed by atoms with van der Waals surface area (Å²) in [4.78, 5) is 0. The van der Waals surface area contributed by atoms with E-state index in [-0.39, 0.29) is 11.1 Å². The summed E-state index contributed by atoms with van der Waals surface area (Å²) in [6.07, 6.45) is 0. The fourth-order valence-electron chi connectivity index (χ4n) is 3.32. The van der Waals surface area contributed by atoms with Crippen molar-refractivity contribution in [1.82, 2.24) is 5.06 Å². The van der Waals surface area contributed by atoms with Crippen molar-refractivity contribution in [3.8, 4) is 11.1 Å². The van der Waals surface area contributed by atoms with Crippen molar-refractivity contribution >= 4 is 0 Å². The summed E-state index contributed by atoms with van der Waals surface area (Å²) in [5.41, 5.74) is 4.08. The maximum absolute atomic E-state index is 10.5.